The van der Waals surface area contributed by atoms with Gasteiger partial charge < -0.3 is 10.0 Å². The fourth-order valence-corrected chi connectivity index (χ4v) is 3.52. The van der Waals surface area contributed by atoms with E-state index in [1.807, 2.05) is 12.1 Å². The minimum absolute atomic E-state index is 0.115. The maximum Gasteiger partial charge on any atom is 0.267 e. The van der Waals surface area contributed by atoms with Gasteiger partial charge in [-0.2, -0.15) is 0 Å². The number of fused-ring (bicyclic) bond motifs is 2. The molecule has 3 aromatic rings. The summed E-state index contributed by atoms with van der Waals surface area (Å²) in [7, 11) is 3.22. The summed E-state index contributed by atoms with van der Waals surface area (Å²) in [5.74, 6) is -1.55. The van der Waals surface area contributed by atoms with Crippen LogP contribution in [0.15, 0.2) is 42.5 Å². The molecule has 4 rings (SSSR count). The second kappa shape index (κ2) is 6.95. The molecule has 1 aliphatic heterocycles. The van der Waals surface area contributed by atoms with Crippen LogP contribution >= 0.6 is 0 Å². The van der Waals surface area contributed by atoms with Crippen LogP contribution in [0.3, 0.4) is 0 Å². The summed E-state index contributed by atoms with van der Waals surface area (Å²) in [5.41, 5.74) is 2.25. The summed E-state index contributed by atoms with van der Waals surface area (Å²) in [6.45, 7) is 4.13. The van der Waals surface area contributed by atoms with Gasteiger partial charge in [0.2, 0.25) is 0 Å². The third-order valence-electron chi connectivity index (χ3n) is 5.22. The molecule has 0 aliphatic carbocycles. The minimum Gasteiger partial charge on any atom is -0.504 e. The average molecular weight is 403 g/mol. The number of anilines is 1. The first-order valence-corrected chi connectivity index (χ1v) is 9.57. The highest BCUT2D eigenvalue weighted by Crippen LogP contribution is 2.35. The van der Waals surface area contributed by atoms with Gasteiger partial charge in [-0.3, -0.25) is 14.4 Å². The molecule has 0 radical (unpaired) electrons. The zero-order valence-electron chi connectivity index (χ0n) is 17.1. The van der Waals surface area contributed by atoms with Crippen LogP contribution in [-0.4, -0.2) is 46.8 Å². The fraction of sp³-hybridized carbons (Fsp3) is 0.217. The Morgan fingerprint density at radius 2 is 1.70 bits per heavy atom. The first-order chi connectivity index (χ1) is 14.2. The molecule has 3 amide bonds. The van der Waals surface area contributed by atoms with E-state index >= 15 is 0 Å². The fourth-order valence-electron chi connectivity index (χ4n) is 3.52. The van der Waals surface area contributed by atoms with Crippen LogP contribution in [0.2, 0.25) is 0 Å². The quantitative estimate of drug-likeness (QED) is 0.675. The van der Waals surface area contributed by atoms with Crippen LogP contribution in [0.25, 0.3) is 10.9 Å². The van der Waals surface area contributed by atoms with Crippen LogP contribution in [0.1, 0.15) is 56.4 Å². The van der Waals surface area contributed by atoms with Gasteiger partial charge in [0.1, 0.15) is 0 Å². The molecule has 1 N–H and O–H groups in total. The van der Waals surface area contributed by atoms with Crippen LogP contribution < -0.4 is 4.90 Å². The van der Waals surface area contributed by atoms with Gasteiger partial charge in [0, 0.05) is 25.0 Å². The van der Waals surface area contributed by atoms with Crippen molar-refractivity contribution in [1.29, 1.82) is 0 Å². The number of aromatic nitrogens is 1. The van der Waals surface area contributed by atoms with Crippen molar-refractivity contribution in [2.24, 2.45) is 0 Å². The van der Waals surface area contributed by atoms with E-state index in [0.29, 0.717) is 17.0 Å². The third kappa shape index (κ3) is 2.99. The molecule has 1 aliphatic rings. The molecule has 0 saturated heterocycles. The van der Waals surface area contributed by atoms with Gasteiger partial charge >= 0.3 is 0 Å². The number of nitrogens with zero attached hydrogens (tertiary/aromatic N) is 3. The van der Waals surface area contributed by atoms with E-state index in [4.69, 9.17) is 0 Å². The zero-order chi connectivity index (χ0) is 21.7. The van der Waals surface area contributed by atoms with Gasteiger partial charge in [0.15, 0.2) is 11.6 Å². The van der Waals surface area contributed by atoms with Gasteiger partial charge in [0.25, 0.3) is 17.7 Å². The number of hydrogen-bond acceptors (Lipinski definition) is 5. The Labute approximate surface area is 173 Å². The van der Waals surface area contributed by atoms with Crippen molar-refractivity contribution in [1.82, 2.24) is 9.88 Å². The molecular formula is C23H21N3O4. The molecule has 0 fully saturated rings. The summed E-state index contributed by atoms with van der Waals surface area (Å²) in [6.07, 6.45) is 0. The van der Waals surface area contributed by atoms with E-state index in [9.17, 15) is 19.5 Å². The van der Waals surface area contributed by atoms with E-state index in [-0.39, 0.29) is 28.6 Å². The molecule has 0 unspecified atom stereocenters. The lowest BCUT2D eigenvalue weighted by atomic mass is 10.0. The van der Waals surface area contributed by atoms with E-state index in [1.54, 1.807) is 20.2 Å². The Kier molecular flexibility index (Phi) is 4.53. The molecule has 1 aromatic heterocycles. The maximum atomic E-state index is 13.0. The lowest BCUT2D eigenvalue weighted by Crippen LogP contribution is -2.30. The molecule has 0 bridgehead atoms. The van der Waals surface area contributed by atoms with E-state index in [0.717, 1.165) is 15.8 Å². The SMILES string of the molecule is CC(C)c1ccc2nc(N3C(=O)c4ccc(C(=O)N(C)C)cc4C3=O)c(O)cc2c1. The second-order valence-electron chi connectivity index (χ2n) is 7.84. The van der Waals surface area contributed by atoms with Crippen LogP contribution in [0.5, 0.6) is 5.75 Å². The Morgan fingerprint density at radius 3 is 2.37 bits per heavy atom. The minimum atomic E-state index is -0.621. The van der Waals surface area contributed by atoms with Crippen molar-refractivity contribution in [3.63, 3.8) is 0 Å². The zero-order valence-corrected chi connectivity index (χ0v) is 17.1. The number of carbonyl (C=O) groups excluding carboxylic acids is 3. The van der Waals surface area contributed by atoms with Crippen molar-refractivity contribution in [2.75, 3.05) is 19.0 Å². The van der Waals surface area contributed by atoms with Crippen molar-refractivity contribution in [3.05, 3.63) is 64.7 Å². The van der Waals surface area contributed by atoms with E-state index in [2.05, 4.69) is 18.8 Å². The largest absolute Gasteiger partial charge is 0.504 e. The Balaban J connectivity index is 1.79. The highest BCUT2D eigenvalue weighted by atomic mass is 16.3. The number of hydrogen-bond donors (Lipinski definition) is 1. The Hall–Kier alpha value is -3.74. The van der Waals surface area contributed by atoms with Crippen LogP contribution in [0, 0.1) is 0 Å². The van der Waals surface area contributed by atoms with Gasteiger partial charge in [-0.15, -0.1) is 0 Å². The molecule has 2 aromatic carbocycles. The van der Waals surface area contributed by atoms with Gasteiger partial charge in [0.05, 0.1) is 16.6 Å². The normalized spacial score (nSPS) is 13.3. The number of rotatable bonds is 3. The smallest absolute Gasteiger partial charge is 0.267 e. The molecule has 2 heterocycles. The molecule has 0 spiro atoms. The number of carbonyl (C=O) groups is 3. The lowest BCUT2D eigenvalue weighted by molar-refractivity contribution is 0.0827. The highest BCUT2D eigenvalue weighted by Gasteiger charge is 2.39. The first-order valence-electron chi connectivity index (χ1n) is 9.57. The van der Waals surface area contributed by atoms with E-state index < -0.39 is 11.8 Å². The summed E-state index contributed by atoms with van der Waals surface area (Å²) in [6, 6.07) is 11.6. The molecule has 7 heteroatoms. The molecule has 30 heavy (non-hydrogen) atoms. The highest BCUT2D eigenvalue weighted by molar-refractivity contribution is 6.35. The molecule has 0 atom stereocenters. The second-order valence-corrected chi connectivity index (χ2v) is 7.84. The maximum absolute atomic E-state index is 13.0. The molecule has 152 valence electrons. The molecule has 7 nitrogen and oxygen atoms in total. The first kappa shape index (κ1) is 19.6. The summed E-state index contributed by atoms with van der Waals surface area (Å²) < 4.78 is 0. The monoisotopic (exact) mass is 403 g/mol. The number of benzene rings is 2. The third-order valence-corrected chi connectivity index (χ3v) is 5.22. The van der Waals surface area contributed by atoms with Crippen LogP contribution in [-0.2, 0) is 0 Å². The van der Waals surface area contributed by atoms with Crippen molar-refractivity contribution in [3.8, 4) is 5.75 Å². The average Bonchev–Trinajstić information content (AvgIpc) is 2.96. The Morgan fingerprint density at radius 1 is 1.00 bits per heavy atom. The van der Waals surface area contributed by atoms with Crippen molar-refractivity contribution < 1.29 is 19.5 Å². The Bertz CT molecular complexity index is 1230. The summed E-state index contributed by atoms with van der Waals surface area (Å²) in [5, 5.41) is 11.3. The lowest BCUT2D eigenvalue weighted by Gasteiger charge is -2.15. The van der Waals surface area contributed by atoms with Crippen molar-refractivity contribution in [2.45, 2.75) is 19.8 Å². The predicted molar refractivity (Wildman–Crippen MR) is 113 cm³/mol. The van der Waals surface area contributed by atoms with Gasteiger partial charge in [-0.05, 0) is 47.9 Å². The number of pyridine rings is 1. The number of amides is 3. The van der Waals surface area contributed by atoms with E-state index in [1.165, 1.54) is 29.2 Å². The van der Waals surface area contributed by atoms with Crippen molar-refractivity contribution >= 4 is 34.4 Å². The van der Waals surface area contributed by atoms with Crippen LogP contribution in [0.4, 0.5) is 5.82 Å². The topological polar surface area (TPSA) is 90.8 Å². The predicted octanol–water partition coefficient (Wildman–Crippen LogP) is 3.57. The van der Waals surface area contributed by atoms with Gasteiger partial charge in [-0.1, -0.05) is 19.9 Å². The summed E-state index contributed by atoms with van der Waals surface area (Å²) >= 11 is 0. The van der Waals surface area contributed by atoms with Gasteiger partial charge in [-0.25, -0.2) is 9.88 Å². The number of aromatic hydroxyl groups is 1. The molecular weight excluding hydrogens is 382 g/mol. The summed E-state index contributed by atoms with van der Waals surface area (Å²) in [4.78, 5) is 44.8. The molecule has 0 saturated carbocycles. The standard InChI is InChI=1S/C23H21N3O4/c1-12(2)13-6-8-18-15(9-13)11-19(27)20(24-18)26-22(29)16-7-5-14(21(28)25(3)4)10-17(16)23(26)30/h5-12,27H,1-4H3. The number of imide groups is 1.